The zero-order valence-corrected chi connectivity index (χ0v) is 17.4. The minimum Gasteiger partial charge on any atom is -0.464 e. The number of amides is 2. The number of hydrogen-bond acceptors (Lipinski definition) is 3. The van der Waals surface area contributed by atoms with Crippen molar-refractivity contribution in [2.24, 2.45) is 0 Å². The van der Waals surface area contributed by atoms with Gasteiger partial charge in [-0.1, -0.05) is 49.4 Å². The largest absolute Gasteiger partial charge is 0.464 e. The predicted octanol–water partition coefficient (Wildman–Crippen LogP) is 3.97. The summed E-state index contributed by atoms with van der Waals surface area (Å²) in [6.07, 6.45) is 2.72. The molecule has 2 aromatic carbocycles. The maximum Gasteiger partial charge on any atom is 0.329 e. The van der Waals surface area contributed by atoms with Gasteiger partial charge in [0.1, 0.15) is 6.04 Å². The predicted molar refractivity (Wildman–Crippen MR) is 116 cm³/mol. The SMILES string of the molecule is CCOC(=O)[C@H](NC(=O)N1CCc2ccccc2C1)[C@@H](C)c1c[nH]c2ccccc12. The molecule has 6 heteroatoms. The number of ether oxygens (including phenoxy) is 1. The van der Waals surface area contributed by atoms with Crippen LogP contribution in [0.2, 0.25) is 0 Å². The smallest absolute Gasteiger partial charge is 0.329 e. The molecule has 1 aliphatic heterocycles. The minimum absolute atomic E-state index is 0.241. The second-order valence-corrected chi connectivity index (χ2v) is 7.70. The van der Waals surface area contributed by atoms with Crippen molar-refractivity contribution in [3.63, 3.8) is 0 Å². The van der Waals surface area contributed by atoms with Gasteiger partial charge in [-0.2, -0.15) is 0 Å². The van der Waals surface area contributed by atoms with Crippen LogP contribution >= 0.6 is 0 Å². The highest BCUT2D eigenvalue weighted by molar-refractivity contribution is 5.88. The Bertz CT molecular complexity index is 1060. The normalized spacial score (nSPS) is 15.3. The molecular formula is C24H27N3O3. The third-order valence-electron chi connectivity index (χ3n) is 5.85. The number of benzene rings is 2. The highest BCUT2D eigenvalue weighted by Gasteiger charge is 2.32. The van der Waals surface area contributed by atoms with Gasteiger partial charge in [0.25, 0.3) is 0 Å². The first-order valence-electron chi connectivity index (χ1n) is 10.4. The van der Waals surface area contributed by atoms with E-state index in [0.29, 0.717) is 13.1 Å². The molecule has 4 rings (SSSR count). The summed E-state index contributed by atoms with van der Waals surface area (Å²) >= 11 is 0. The fourth-order valence-electron chi connectivity index (χ4n) is 4.16. The van der Waals surface area contributed by atoms with Crippen molar-refractivity contribution in [1.29, 1.82) is 0 Å². The Labute approximate surface area is 176 Å². The van der Waals surface area contributed by atoms with Gasteiger partial charge in [0, 0.05) is 36.1 Å². The number of H-pyrrole nitrogens is 1. The average Bonchev–Trinajstić information content (AvgIpc) is 3.21. The molecule has 2 atom stereocenters. The van der Waals surface area contributed by atoms with Crippen LogP contribution in [0.1, 0.15) is 36.5 Å². The molecule has 0 aliphatic carbocycles. The summed E-state index contributed by atoms with van der Waals surface area (Å²) in [4.78, 5) is 30.8. The van der Waals surface area contributed by atoms with Crippen molar-refractivity contribution < 1.29 is 14.3 Å². The van der Waals surface area contributed by atoms with Crippen LogP contribution in [0.3, 0.4) is 0 Å². The van der Waals surface area contributed by atoms with Crippen LogP contribution in [-0.4, -0.2) is 41.1 Å². The standard InChI is InChI=1S/C24H27N3O3/c1-3-30-23(28)22(16(2)20-14-25-21-11-7-6-10-19(20)21)26-24(29)27-13-12-17-8-4-5-9-18(17)15-27/h4-11,14,16,22,25H,3,12-13,15H2,1-2H3,(H,26,29)/t16-,22+/m0/s1. The van der Waals surface area contributed by atoms with E-state index in [4.69, 9.17) is 4.74 Å². The lowest BCUT2D eigenvalue weighted by Gasteiger charge is -2.31. The van der Waals surface area contributed by atoms with Crippen LogP contribution in [0, 0.1) is 0 Å². The zero-order valence-electron chi connectivity index (χ0n) is 17.4. The zero-order chi connectivity index (χ0) is 21.1. The molecule has 2 heterocycles. The third kappa shape index (κ3) is 3.90. The van der Waals surface area contributed by atoms with Gasteiger partial charge < -0.3 is 19.9 Å². The second-order valence-electron chi connectivity index (χ2n) is 7.70. The molecule has 0 fully saturated rings. The molecule has 156 valence electrons. The van der Waals surface area contributed by atoms with Crippen LogP contribution in [0.25, 0.3) is 10.9 Å². The Hall–Kier alpha value is -3.28. The molecule has 0 radical (unpaired) electrons. The van der Waals surface area contributed by atoms with Gasteiger partial charge in [0.05, 0.1) is 6.61 Å². The Morgan fingerprint density at radius 3 is 2.67 bits per heavy atom. The molecule has 0 bridgehead atoms. The summed E-state index contributed by atoms with van der Waals surface area (Å²) in [6, 6.07) is 15.1. The average molecular weight is 405 g/mol. The quantitative estimate of drug-likeness (QED) is 0.631. The lowest BCUT2D eigenvalue weighted by atomic mass is 9.92. The molecule has 1 aliphatic rings. The highest BCUT2D eigenvalue weighted by atomic mass is 16.5. The van der Waals surface area contributed by atoms with E-state index in [9.17, 15) is 9.59 Å². The summed E-state index contributed by atoms with van der Waals surface area (Å²) in [5, 5.41) is 4.00. The van der Waals surface area contributed by atoms with Crippen molar-refractivity contribution in [3.05, 3.63) is 71.4 Å². The molecule has 2 N–H and O–H groups in total. The number of nitrogens with one attached hydrogen (secondary N) is 2. The third-order valence-corrected chi connectivity index (χ3v) is 5.85. The lowest BCUT2D eigenvalue weighted by Crippen LogP contribution is -2.51. The minimum atomic E-state index is -0.770. The van der Waals surface area contributed by atoms with Gasteiger partial charge in [-0.3, -0.25) is 0 Å². The molecular weight excluding hydrogens is 378 g/mol. The van der Waals surface area contributed by atoms with Gasteiger partial charge >= 0.3 is 12.0 Å². The number of urea groups is 1. The number of para-hydroxylation sites is 1. The number of esters is 1. The Morgan fingerprint density at radius 1 is 1.13 bits per heavy atom. The highest BCUT2D eigenvalue weighted by Crippen LogP contribution is 2.28. The Morgan fingerprint density at radius 2 is 1.87 bits per heavy atom. The van der Waals surface area contributed by atoms with Crippen LogP contribution in [0.4, 0.5) is 4.79 Å². The topological polar surface area (TPSA) is 74.4 Å². The number of carbonyl (C=O) groups is 2. The van der Waals surface area contributed by atoms with E-state index in [-0.39, 0.29) is 18.6 Å². The number of fused-ring (bicyclic) bond motifs is 2. The monoisotopic (exact) mass is 405 g/mol. The van der Waals surface area contributed by atoms with Crippen LogP contribution in [0.5, 0.6) is 0 Å². The van der Waals surface area contributed by atoms with Gasteiger partial charge in [-0.25, -0.2) is 9.59 Å². The van der Waals surface area contributed by atoms with Gasteiger partial charge in [-0.15, -0.1) is 0 Å². The van der Waals surface area contributed by atoms with E-state index in [1.54, 1.807) is 11.8 Å². The van der Waals surface area contributed by atoms with Gasteiger partial charge in [-0.05, 0) is 36.1 Å². The summed E-state index contributed by atoms with van der Waals surface area (Å²) in [7, 11) is 0. The second kappa shape index (κ2) is 8.61. The van der Waals surface area contributed by atoms with Crippen LogP contribution in [0.15, 0.2) is 54.7 Å². The fraction of sp³-hybridized carbons (Fsp3) is 0.333. The van der Waals surface area contributed by atoms with Crippen molar-refractivity contribution >= 4 is 22.9 Å². The molecule has 0 spiro atoms. The molecule has 0 saturated heterocycles. The fourth-order valence-corrected chi connectivity index (χ4v) is 4.16. The lowest BCUT2D eigenvalue weighted by molar-refractivity contribution is -0.145. The molecule has 3 aromatic rings. The maximum absolute atomic E-state index is 13.1. The van der Waals surface area contributed by atoms with Crippen LogP contribution < -0.4 is 5.32 Å². The van der Waals surface area contributed by atoms with E-state index >= 15 is 0 Å². The number of carbonyl (C=O) groups excluding carboxylic acids is 2. The Kier molecular flexibility index (Phi) is 5.74. The summed E-state index contributed by atoms with van der Waals surface area (Å²) in [6.45, 7) is 5.15. The van der Waals surface area contributed by atoms with E-state index in [2.05, 4.69) is 16.4 Å². The van der Waals surface area contributed by atoms with Crippen LogP contribution in [-0.2, 0) is 22.5 Å². The van der Waals surface area contributed by atoms with E-state index in [1.165, 1.54) is 5.56 Å². The van der Waals surface area contributed by atoms with E-state index < -0.39 is 12.0 Å². The van der Waals surface area contributed by atoms with Crippen molar-refractivity contribution in [2.45, 2.75) is 38.8 Å². The molecule has 30 heavy (non-hydrogen) atoms. The summed E-state index contributed by atoms with van der Waals surface area (Å²) < 4.78 is 5.30. The molecule has 1 aromatic heterocycles. The molecule has 6 nitrogen and oxygen atoms in total. The first-order chi connectivity index (χ1) is 14.6. The first kappa shape index (κ1) is 20.0. The van der Waals surface area contributed by atoms with Crippen molar-refractivity contribution in [1.82, 2.24) is 15.2 Å². The summed E-state index contributed by atoms with van der Waals surface area (Å²) in [5.74, 6) is -0.665. The number of aromatic amines is 1. The van der Waals surface area contributed by atoms with E-state index in [0.717, 1.165) is 28.5 Å². The molecule has 2 amide bonds. The maximum atomic E-state index is 13.1. The number of rotatable bonds is 5. The van der Waals surface area contributed by atoms with Crippen molar-refractivity contribution in [2.75, 3.05) is 13.2 Å². The number of nitrogens with zero attached hydrogens (tertiary/aromatic N) is 1. The number of aromatic nitrogens is 1. The first-order valence-corrected chi connectivity index (χ1v) is 10.4. The van der Waals surface area contributed by atoms with E-state index in [1.807, 2.05) is 55.6 Å². The Balaban J connectivity index is 1.55. The molecule has 0 unspecified atom stereocenters. The van der Waals surface area contributed by atoms with Gasteiger partial charge in [0.15, 0.2) is 0 Å². The van der Waals surface area contributed by atoms with Gasteiger partial charge in [0.2, 0.25) is 0 Å². The number of hydrogen-bond donors (Lipinski definition) is 2. The summed E-state index contributed by atoms with van der Waals surface area (Å²) in [5.41, 5.74) is 4.40. The molecule has 0 saturated carbocycles. The van der Waals surface area contributed by atoms with Crippen molar-refractivity contribution in [3.8, 4) is 0 Å².